The lowest BCUT2D eigenvalue weighted by atomic mass is 10.2. The number of rotatable bonds is 2. The SMILES string of the molecule is O=S(=O)(c1ccc(F)c(C(F)(F)F)c1)N1CCC1. The van der Waals surface area contributed by atoms with Crippen LogP contribution in [-0.2, 0) is 16.2 Å². The maximum atomic E-state index is 13.0. The molecule has 1 aromatic rings. The first kappa shape index (κ1) is 13.3. The van der Waals surface area contributed by atoms with Crippen molar-refractivity contribution in [3.05, 3.63) is 29.6 Å². The Balaban J connectivity index is 2.47. The molecule has 1 aliphatic rings. The number of benzene rings is 1. The summed E-state index contributed by atoms with van der Waals surface area (Å²) in [6, 6.07) is 1.71. The van der Waals surface area contributed by atoms with Crippen LogP contribution in [0.2, 0.25) is 0 Å². The van der Waals surface area contributed by atoms with Gasteiger partial charge < -0.3 is 0 Å². The molecule has 0 aliphatic carbocycles. The van der Waals surface area contributed by atoms with Gasteiger partial charge in [-0.2, -0.15) is 17.5 Å². The Labute approximate surface area is 101 Å². The number of nitrogens with zero attached hydrogens (tertiary/aromatic N) is 1. The van der Waals surface area contributed by atoms with E-state index in [1.54, 1.807) is 0 Å². The van der Waals surface area contributed by atoms with Crippen molar-refractivity contribution in [2.45, 2.75) is 17.5 Å². The average Bonchev–Trinajstić information content (AvgIpc) is 2.12. The molecule has 0 amide bonds. The summed E-state index contributed by atoms with van der Waals surface area (Å²) < 4.78 is 75.2. The third-order valence-corrected chi connectivity index (χ3v) is 4.59. The predicted molar refractivity (Wildman–Crippen MR) is 54.8 cm³/mol. The fourth-order valence-electron chi connectivity index (χ4n) is 1.56. The Morgan fingerprint density at radius 3 is 2.22 bits per heavy atom. The number of hydrogen-bond donors (Lipinski definition) is 0. The molecule has 1 saturated heterocycles. The van der Waals surface area contributed by atoms with Gasteiger partial charge in [0.25, 0.3) is 0 Å². The van der Waals surface area contributed by atoms with Crippen LogP contribution in [0.3, 0.4) is 0 Å². The Morgan fingerprint density at radius 2 is 1.78 bits per heavy atom. The maximum absolute atomic E-state index is 13.0. The fourth-order valence-corrected chi connectivity index (χ4v) is 3.10. The van der Waals surface area contributed by atoms with Crippen LogP contribution in [0.1, 0.15) is 12.0 Å². The van der Waals surface area contributed by atoms with Gasteiger partial charge in [-0.05, 0) is 24.6 Å². The van der Waals surface area contributed by atoms with Gasteiger partial charge in [0, 0.05) is 13.1 Å². The van der Waals surface area contributed by atoms with Crippen LogP contribution < -0.4 is 0 Å². The van der Waals surface area contributed by atoms with Gasteiger partial charge in [0.1, 0.15) is 5.82 Å². The summed E-state index contributed by atoms with van der Waals surface area (Å²) in [7, 11) is -3.94. The van der Waals surface area contributed by atoms with Crippen LogP contribution in [0.4, 0.5) is 17.6 Å². The lowest BCUT2D eigenvalue weighted by molar-refractivity contribution is -0.140. The summed E-state index contributed by atoms with van der Waals surface area (Å²) in [6.45, 7) is 0.558. The summed E-state index contributed by atoms with van der Waals surface area (Å²) in [5.74, 6) is -1.48. The largest absolute Gasteiger partial charge is 0.419 e. The molecule has 0 bridgehead atoms. The van der Waals surface area contributed by atoms with Crippen LogP contribution in [0.25, 0.3) is 0 Å². The van der Waals surface area contributed by atoms with E-state index in [1.807, 2.05) is 0 Å². The Bertz CT molecular complexity index is 564. The summed E-state index contributed by atoms with van der Waals surface area (Å²) in [5, 5.41) is 0. The standard InChI is InChI=1S/C10H9F4NO2S/c11-9-3-2-7(6-8(9)10(12,13)14)18(16,17)15-4-1-5-15/h2-3,6H,1,4-5H2. The normalized spacial score (nSPS) is 17.6. The second-order valence-electron chi connectivity index (χ2n) is 3.90. The average molecular weight is 283 g/mol. The molecule has 0 saturated carbocycles. The highest BCUT2D eigenvalue weighted by Crippen LogP contribution is 2.33. The molecule has 0 unspecified atom stereocenters. The number of hydrogen-bond acceptors (Lipinski definition) is 2. The van der Waals surface area contributed by atoms with E-state index in [0.29, 0.717) is 18.6 Å². The van der Waals surface area contributed by atoms with Crippen LogP contribution in [0.15, 0.2) is 23.1 Å². The molecule has 0 spiro atoms. The van der Waals surface area contributed by atoms with Crippen molar-refractivity contribution >= 4 is 10.0 Å². The first-order chi connectivity index (χ1) is 8.23. The van der Waals surface area contributed by atoms with Crippen LogP contribution in [0, 0.1) is 5.82 Å². The summed E-state index contributed by atoms with van der Waals surface area (Å²) >= 11 is 0. The number of halogens is 4. The van der Waals surface area contributed by atoms with Gasteiger partial charge >= 0.3 is 6.18 Å². The molecule has 0 radical (unpaired) electrons. The molecule has 8 heteroatoms. The van der Waals surface area contributed by atoms with Crippen molar-refractivity contribution in [2.24, 2.45) is 0 Å². The molecule has 1 heterocycles. The van der Waals surface area contributed by atoms with Gasteiger partial charge in [-0.25, -0.2) is 12.8 Å². The van der Waals surface area contributed by atoms with Crippen molar-refractivity contribution in [1.82, 2.24) is 4.31 Å². The van der Waals surface area contributed by atoms with E-state index < -0.39 is 32.5 Å². The number of alkyl halides is 3. The van der Waals surface area contributed by atoms with Gasteiger partial charge in [0.2, 0.25) is 10.0 Å². The predicted octanol–water partition coefficient (Wildman–Crippen LogP) is 2.24. The molecule has 0 aromatic heterocycles. The molecule has 1 aliphatic heterocycles. The highest BCUT2D eigenvalue weighted by atomic mass is 32.2. The molecule has 1 aromatic carbocycles. The summed E-state index contributed by atoms with van der Waals surface area (Å²) in [4.78, 5) is -0.532. The minimum absolute atomic E-state index is 0.279. The van der Waals surface area contributed by atoms with Crippen molar-refractivity contribution < 1.29 is 26.0 Å². The van der Waals surface area contributed by atoms with E-state index in [9.17, 15) is 26.0 Å². The van der Waals surface area contributed by atoms with E-state index in [-0.39, 0.29) is 13.1 Å². The zero-order valence-corrected chi connectivity index (χ0v) is 9.85. The second-order valence-corrected chi connectivity index (χ2v) is 5.83. The lowest BCUT2D eigenvalue weighted by Crippen LogP contribution is -2.42. The first-order valence-corrected chi connectivity index (χ1v) is 6.54. The molecule has 2 rings (SSSR count). The Morgan fingerprint density at radius 1 is 1.17 bits per heavy atom. The van der Waals surface area contributed by atoms with Crippen LogP contribution >= 0.6 is 0 Å². The lowest BCUT2D eigenvalue weighted by Gasteiger charge is -2.29. The minimum atomic E-state index is -4.91. The zero-order chi connectivity index (χ0) is 13.6. The molecular formula is C10H9F4NO2S. The number of sulfonamides is 1. The van der Waals surface area contributed by atoms with E-state index >= 15 is 0 Å². The summed E-state index contributed by atoms with van der Waals surface area (Å²) in [6.07, 6.45) is -4.24. The third-order valence-electron chi connectivity index (χ3n) is 2.70. The highest BCUT2D eigenvalue weighted by Gasteiger charge is 2.37. The van der Waals surface area contributed by atoms with Crippen molar-refractivity contribution in [3.8, 4) is 0 Å². The van der Waals surface area contributed by atoms with E-state index in [0.717, 1.165) is 10.4 Å². The molecule has 0 atom stereocenters. The fraction of sp³-hybridized carbons (Fsp3) is 0.400. The van der Waals surface area contributed by atoms with E-state index in [2.05, 4.69) is 0 Å². The zero-order valence-electron chi connectivity index (χ0n) is 9.04. The quantitative estimate of drug-likeness (QED) is 0.781. The molecule has 100 valence electrons. The second kappa shape index (κ2) is 4.20. The highest BCUT2D eigenvalue weighted by molar-refractivity contribution is 7.89. The van der Waals surface area contributed by atoms with Gasteiger partial charge in [0.05, 0.1) is 10.5 Å². The molecule has 18 heavy (non-hydrogen) atoms. The van der Waals surface area contributed by atoms with Gasteiger partial charge in [-0.1, -0.05) is 0 Å². The monoisotopic (exact) mass is 283 g/mol. The maximum Gasteiger partial charge on any atom is 0.419 e. The topological polar surface area (TPSA) is 37.4 Å². The molecule has 3 nitrogen and oxygen atoms in total. The van der Waals surface area contributed by atoms with Gasteiger partial charge in [0.15, 0.2) is 0 Å². The molecule has 1 fully saturated rings. The Kier molecular flexibility index (Phi) is 3.10. The van der Waals surface area contributed by atoms with Crippen molar-refractivity contribution in [1.29, 1.82) is 0 Å². The minimum Gasteiger partial charge on any atom is -0.207 e. The molecular weight excluding hydrogens is 274 g/mol. The van der Waals surface area contributed by atoms with Gasteiger partial charge in [-0.3, -0.25) is 0 Å². The first-order valence-electron chi connectivity index (χ1n) is 5.10. The van der Waals surface area contributed by atoms with Crippen molar-refractivity contribution in [3.63, 3.8) is 0 Å². The third kappa shape index (κ3) is 2.22. The van der Waals surface area contributed by atoms with Crippen molar-refractivity contribution in [2.75, 3.05) is 13.1 Å². The van der Waals surface area contributed by atoms with E-state index in [4.69, 9.17) is 0 Å². The van der Waals surface area contributed by atoms with Gasteiger partial charge in [-0.15, -0.1) is 0 Å². The van der Waals surface area contributed by atoms with Crippen LogP contribution in [0.5, 0.6) is 0 Å². The molecule has 0 N–H and O–H groups in total. The van der Waals surface area contributed by atoms with Crippen LogP contribution in [-0.4, -0.2) is 25.8 Å². The Hall–Kier alpha value is -1.15. The van der Waals surface area contributed by atoms with E-state index in [1.165, 1.54) is 0 Å². The summed E-state index contributed by atoms with van der Waals surface area (Å²) in [5.41, 5.74) is -1.57. The smallest absolute Gasteiger partial charge is 0.207 e.